The van der Waals surface area contributed by atoms with Gasteiger partial charge in [-0.1, -0.05) is 26.0 Å². The van der Waals surface area contributed by atoms with Gasteiger partial charge in [0.1, 0.15) is 45.5 Å². The third-order valence-corrected chi connectivity index (χ3v) is 8.35. The SMILES string of the molecule is C/C(O)=c1/c(O)c2c3c(c1O)c(=O)cc1oc4cccc(=O)c4c(c13)[C@@H]([C@@H](C)CC(=O)c1c(O)cccc1O)[C@@H]2C. The van der Waals surface area contributed by atoms with E-state index in [9.17, 15) is 39.9 Å². The summed E-state index contributed by atoms with van der Waals surface area (Å²) in [7, 11) is 0. The number of rotatable bonds is 4. The van der Waals surface area contributed by atoms with E-state index in [1.807, 2.05) is 0 Å². The minimum Gasteiger partial charge on any atom is -0.512 e. The topological polar surface area (TPSA) is 165 Å². The maximum Gasteiger partial charge on any atom is 0.193 e. The third kappa shape index (κ3) is 3.58. The van der Waals surface area contributed by atoms with Crippen molar-refractivity contribution >= 4 is 44.3 Å². The van der Waals surface area contributed by atoms with E-state index in [-0.39, 0.29) is 67.0 Å². The van der Waals surface area contributed by atoms with Crippen molar-refractivity contribution in [2.24, 2.45) is 5.92 Å². The van der Waals surface area contributed by atoms with Gasteiger partial charge in [-0.15, -0.1) is 0 Å². The second-order valence-electron chi connectivity index (χ2n) is 10.8. The summed E-state index contributed by atoms with van der Waals surface area (Å²) in [6.45, 7) is 4.85. The Morgan fingerprint density at radius 3 is 2.17 bits per heavy atom. The lowest BCUT2D eigenvalue weighted by Gasteiger charge is -2.36. The molecular weight excluding hydrogens is 528 g/mol. The number of benzene rings is 4. The smallest absolute Gasteiger partial charge is 0.193 e. The third-order valence-electron chi connectivity index (χ3n) is 8.35. The number of phenols is 4. The van der Waals surface area contributed by atoms with Crippen molar-refractivity contribution in [2.75, 3.05) is 0 Å². The molecule has 5 aromatic rings. The second kappa shape index (κ2) is 8.99. The number of aliphatic hydroxyl groups excluding tert-OH is 1. The summed E-state index contributed by atoms with van der Waals surface area (Å²) >= 11 is 0. The Morgan fingerprint density at radius 1 is 0.854 bits per heavy atom. The molecule has 3 atom stereocenters. The van der Waals surface area contributed by atoms with Crippen LogP contribution in [0.15, 0.2) is 56.5 Å². The average molecular weight is 555 g/mol. The predicted molar refractivity (Wildman–Crippen MR) is 153 cm³/mol. The fourth-order valence-electron chi connectivity index (χ4n) is 6.74. The van der Waals surface area contributed by atoms with Gasteiger partial charge in [0.05, 0.1) is 16.0 Å². The molecule has 0 aliphatic heterocycles. The van der Waals surface area contributed by atoms with Gasteiger partial charge in [0.2, 0.25) is 0 Å². The Labute approximate surface area is 231 Å². The number of aromatic hydroxyl groups is 4. The maximum atomic E-state index is 13.4. The standard InChI is InChI=1S/C32H26O9/c1-12(10-18(37)25-15(34)6-4-7-16(25)35)22-13(2)23-30-27(32(40)24(14(3)33)31(23)39)19(38)11-21-28(30)29(22)26-17(36)8-5-9-20(26)41-21/h4-9,11-13,22,33-35,39-40H,10H2,1-3H3/b24-14+/t12-,13-,22-/m0/s1. The van der Waals surface area contributed by atoms with Crippen LogP contribution in [0, 0.1) is 5.92 Å². The van der Waals surface area contributed by atoms with Crippen molar-refractivity contribution in [3.63, 3.8) is 0 Å². The lowest BCUT2D eigenvalue weighted by Crippen LogP contribution is -2.26. The molecule has 0 amide bonds. The van der Waals surface area contributed by atoms with Gasteiger partial charge in [-0.2, -0.15) is 0 Å². The molecule has 0 saturated heterocycles. The number of aliphatic hydroxyl groups is 1. The van der Waals surface area contributed by atoms with Crippen LogP contribution in [0.1, 0.15) is 60.5 Å². The van der Waals surface area contributed by atoms with Crippen LogP contribution in [0.3, 0.4) is 0 Å². The quantitative estimate of drug-likeness (QED) is 0.119. The van der Waals surface area contributed by atoms with Crippen LogP contribution in [0.5, 0.6) is 23.0 Å². The highest BCUT2D eigenvalue weighted by molar-refractivity contribution is 6.16. The number of hydrogen-bond acceptors (Lipinski definition) is 9. The molecular formula is C32H26O9. The van der Waals surface area contributed by atoms with Crippen molar-refractivity contribution in [1.82, 2.24) is 0 Å². The van der Waals surface area contributed by atoms with E-state index in [4.69, 9.17) is 4.42 Å². The molecule has 0 fully saturated rings. The van der Waals surface area contributed by atoms with Crippen LogP contribution in [-0.2, 0) is 0 Å². The minimum atomic E-state index is -0.625. The van der Waals surface area contributed by atoms with E-state index < -0.39 is 46.2 Å². The number of phenolic OH excluding ortho intramolecular Hbond substituents is 4. The molecule has 6 rings (SSSR count). The van der Waals surface area contributed by atoms with Crippen molar-refractivity contribution in [3.8, 4) is 23.0 Å². The number of Topliss-reactive ketones (excluding diaryl/α,β-unsaturated/α-hetero) is 1. The molecule has 9 nitrogen and oxygen atoms in total. The lowest BCUT2D eigenvalue weighted by molar-refractivity contribution is 0.0951. The Bertz CT molecular complexity index is 2120. The first-order chi connectivity index (χ1) is 19.4. The Balaban J connectivity index is 1.74. The molecule has 1 heterocycles. The molecule has 1 aliphatic rings. The van der Waals surface area contributed by atoms with Gasteiger partial charge in [0.25, 0.3) is 0 Å². The van der Waals surface area contributed by atoms with Gasteiger partial charge in [-0.05, 0) is 54.5 Å². The number of hydrogen-bond donors (Lipinski definition) is 5. The van der Waals surface area contributed by atoms with Gasteiger partial charge in [-0.3, -0.25) is 14.4 Å². The molecule has 0 saturated carbocycles. The van der Waals surface area contributed by atoms with E-state index in [1.54, 1.807) is 19.9 Å². The van der Waals surface area contributed by atoms with Crippen molar-refractivity contribution in [3.05, 3.63) is 84.8 Å². The van der Waals surface area contributed by atoms with Crippen LogP contribution in [0.25, 0.3) is 38.5 Å². The first-order valence-corrected chi connectivity index (χ1v) is 13.1. The second-order valence-corrected chi connectivity index (χ2v) is 10.8. The number of carbonyl (C=O) groups excluding carboxylic acids is 1. The van der Waals surface area contributed by atoms with Crippen molar-refractivity contribution in [2.45, 2.75) is 39.0 Å². The van der Waals surface area contributed by atoms with E-state index >= 15 is 0 Å². The molecule has 41 heavy (non-hydrogen) atoms. The Hall–Kier alpha value is -5.05. The zero-order valence-electron chi connectivity index (χ0n) is 22.3. The Morgan fingerprint density at radius 2 is 1.51 bits per heavy atom. The Kier molecular flexibility index (Phi) is 5.74. The van der Waals surface area contributed by atoms with E-state index in [2.05, 4.69) is 0 Å². The first-order valence-electron chi connectivity index (χ1n) is 13.1. The highest BCUT2D eigenvalue weighted by Crippen LogP contribution is 2.54. The monoisotopic (exact) mass is 554 g/mol. The fraction of sp³-hybridized carbons (Fsp3) is 0.219. The molecule has 0 unspecified atom stereocenters. The summed E-state index contributed by atoms with van der Waals surface area (Å²) in [5, 5.41) is 53.9. The van der Waals surface area contributed by atoms with Crippen LogP contribution in [-0.4, -0.2) is 31.3 Å². The highest BCUT2D eigenvalue weighted by atomic mass is 16.3. The summed E-state index contributed by atoms with van der Waals surface area (Å²) in [6, 6.07) is 9.76. The van der Waals surface area contributed by atoms with Crippen LogP contribution >= 0.6 is 0 Å². The number of ketones is 1. The van der Waals surface area contributed by atoms with Gasteiger partial charge in [-0.25, -0.2) is 0 Å². The zero-order chi connectivity index (χ0) is 29.5. The maximum absolute atomic E-state index is 13.4. The number of carbonyl (C=O) groups is 1. The molecule has 0 bridgehead atoms. The average Bonchev–Trinajstić information content (AvgIpc) is 2.87. The largest absolute Gasteiger partial charge is 0.512 e. The minimum absolute atomic E-state index is 0.124. The molecule has 1 aromatic heterocycles. The summed E-state index contributed by atoms with van der Waals surface area (Å²) < 4.78 is 6.04. The summed E-state index contributed by atoms with van der Waals surface area (Å²) in [4.78, 5) is 40.0. The lowest BCUT2D eigenvalue weighted by atomic mass is 9.67. The van der Waals surface area contributed by atoms with Gasteiger partial charge in [0.15, 0.2) is 16.6 Å². The number of fused-ring (bicyclic) bond motifs is 2. The van der Waals surface area contributed by atoms with E-state index in [1.165, 1.54) is 43.3 Å². The van der Waals surface area contributed by atoms with Gasteiger partial charge >= 0.3 is 0 Å². The molecule has 5 N–H and O–H groups in total. The molecule has 9 heteroatoms. The molecule has 208 valence electrons. The molecule has 0 radical (unpaired) electrons. The molecule has 4 aromatic carbocycles. The summed E-state index contributed by atoms with van der Waals surface area (Å²) in [5.41, 5.74) is 0.000694. The summed E-state index contributed by atoms with van der Waals surface area (Å²) in [5.74, 6) is -4.42. The van der Waals surface area contributed by atoms with Crippen LogP contribution in [0.2, 0.25) is 0 Å². The van der Waals surface area contributed by atoms with E-state index in [0.717, 1.165) is 0 Å². The van der Waals surface area contributed by atoms with E-state index in [0.29, 0.717) is 10.9 Å². The van der Waals surface area contributed by atoms with Crippen LogP contribution in [0.4, 0.5) is 0 Å². The van der Waals surface area contributed by atoms with Gasteiger partial charge in [0, 0.05) is 28.8 Å². The summed E-state index contributed by atoms with van der Waals surface area (Å²) in [6.07, 6.45) is -0.148. The van der Waals surface area contributed by atoms with Gasteiger partial charge < -0.3 is 29.9 Å². The van der Waals surface area contributed by atoms with Crippen molar-refractivity contribution < 1.29 is 34.7 Å². The molecule has 1 aliphatic carbocycles. The zero-order valence-corrected chi connectivity index (χ0v) is 22.3. The first kappa shape index (κ1) is 26.2. The highest BCUT2D eigenvalue weighted by Gasteiger charge is 2.40. The predicted octanol–water partition coefficient (Wildman–Crippen LogP) is 4.80. The van der Waals surface area contributed by atoms with Crippen molar-refractivity contribution in [1.29, 1.82) is 0 Å². The fourth-order valence-corrected chi connectivity index (χ4v) is 6.74. The van der Waals surface area contributed by atoms with Crippen LogP contribution < -0.4 is 16.1 Å². The normalized spacial score (nSPS) is 17.8. The molecule has 0 spiro atoms.